The molecule has 47 heavy (non-hydrogen) atoms. The van der Waals surface area contributed by atoms with Gasteiger partial charge in [0.15, 0.2) is 11.6 Å². The third kappa shape index (κ3) is 10.7. The summed E-state index contributed by atoms with van der Waals surface area (Å²) in [5.41, 5.74) is 7.90. The Bertz CT molecular complexity index is 1490. The molecule has 0 spiro atoms. The van der Waals surface area contributed by atoms with Crippen LogP contribution in [0.1, 0.15) is 120 Å². The lowest BCUT2D eigenvalue weighted by atomic mass is 9.75. The molecule has 4 heteroatoms. The van der Waals surface area contributed by atoms with E-state index in [2.05, 4.69) is 90.4 Å². The van der Waals surface area contributed by atoms with Gasteiger partial charge < -0.3 is 9.64 Å². The van der Waals surface area contributed by atoms with Gasteiger partial charge in [-0.25, -0.2) is 0 Å². The van der Waals surface area contributed by atoms with Gasteiger partial charge in [0.25, 0.3) is 0 Å². The van der Waals surface area contributed by atoms with Crippen LogP contribution in [-0.4, -0.2) is 29.6 Å². The fourth-order valence-corrected chi connectivity index (χ4v) is 6.43. The van der Waals surface area contributed by atoms with Gasteiger partial charge in [0.05, 0.1) is 12.2 Å². The number of allylic oxidation sites excluding steroid dienone is 6. The van der Waals surface area contributed by atoms with Gasteiger partial charge in [-0.2, -0.15) is 0 Å². The van der Waals surface area contributed by atoms with E-state index < -0.39 is 0 Å². The Hall–Kier alpha value is -3.66. The summed E-state index contributed by atoms with van der Waals surface area (Å²) in [6.07, 6.45) is 12.8. The Morgan fingerprint density at radius 1 is 0.915 bits per heavy atom. The van der Waals surface area contributed by atoms with Crippen molar-refractivity contribution in [3.8, 4) is 0 Å². The largest absolute Gasteiger partial charge is 0.493 e. The predicted octanol–water partition coefficient (Wildman–Crippen LogP) is 10.5. The molecule has 2 aliphatic rings. The lowest BCUT2D eigenvalue weighted by Crippen LogP contribution is -2.34. The van der Waals surface area contributed by atoms with Crippen LogP contribution in [0, 0.1) is 11.3 Å². The van der Waals surface area contributed by atoms with Gasteiger partial charge in [-0.15, -0.1) is 0 Å². The highest BCUT2D eigenvalue weighted by Gasteiger charge is 2.30. The monoisotopic (exact) mass is 635 g/mol. The van der Waals surface area contributed by atoms with E-state index in [1.807, 2.05) is 36.4 Å². The number of Topliss-reactive ketones (excluding diaryl/α,β-unsaturated/α-hetero) is 2. The van der Waals surface area contributed by atoms with Crippen molar-refractivity contribution in [2.75, 3.05) is 13.1 Å². The summed E-state index contributed by atoms with van der Waals surface area (Å²) >= 11 is 0. The average Bonchev–Trinajstić information content (AvgIpc) is 3.03. The van der Waals surface area contributed by atoms with Crippen molar-refractivity contribution in [1.29, 1.82) is 0 Å². The second kappa shape index (κ2) is 16.0. The molecule has 0 saturated carbocycles. The number of nitrogens with zero attached hydrogens (tertiary/aromatic N) is 1. The maximum absolute atomic E-state index is 12.8. The van der Waals surface area contributed by atoms with E-state index in [1.54, 1.807) is 0 Å². The fraction of sp³-hybridized carbons (Fsp3) is 0.488. The predicted molar refractivity (Wildman–Crippen MR) is 195 cm³/mol. The van der Waals surface area contributed by atoms with Crippen molar-refractivity contribution >= 4 is 11.6 Å². The van der Waals surface area contributed by atoms with Crippen molar-refractivity contribution < 1.29 is 14.3 Å². The van der Waals surface area contributed by atoms with Crippen molar-refractivity contribution in [2.45, 2.75) is 112 Å². The number of rotatable bonds is 15. The third-order valence-corrected chi connectivity index (χ3v) is 9.55. The lowest BCUT2D eigenvalue weighted by Gasteiger charge is -2.39. The highest BCUT2D eigenvalue weighted by molar-refractivity contribution is 6.13. The Balaban J connectivity index is 1.18. The summed E-state index contributed by atoms with van der Waals surface area (Å²) in [6.45, 7) is 23.0. The minimum atomic E-state index is -0.133. The number of benzene rings is 2. The number of hydrogen-bond donors (Lipinski definition) is 0. The minimum Gasteiger partial charge on any atom is -0.493 e. The molecule has 0 unspecified atom stereocenters. The summed E-state index contributed by atoms with van der Waals surface area (Å²) in [6, 6.07) is 16.4. The summed E-state index contributed by atoms with van der Waals surface area (Å²) < 4.78 is 6.07. The zero-order valence-electron chi connectivity index (χ0n) is 30.1. The van der Waals surface area contributed by atoms with E-state index >= 15 is 0 Å². The number of ketones is 2. The van der Waals surface area contributed by atoms with Crippen molar-refractivity contribution in [3.05, 3.63) is 118 Å². The van der Waals surface area contributed by atoms with Gasteiger partial charge in [-0.05, 0) is 89.2 Å². The van der Waals surface area contributed by atoms with Gasteiger partial charge in [-0.3, -0.25) is 9.59 Å². The highest BCUT2D eigenvalue weighted by atomic mass is 16.5. The minimum absolute atomic E-state index is 0.0252. The molecule has 1 aliphatic carbocycles. The van der Waals surface area contributed by atoms with E-state index in [0.29, 0.717) is 36.5 Å². The molecule has 2 aromatic rings. The Kier molecular flexibility index (Phi) is 12.3. The molecule has 0 aromatic heterocycles. The van der Waals surface area contributed by atoms with Crippen molar-refractivity contribution in [2.24, 2.45) is 11.3 Å². The van der Waals surface area contributed by atoms with Crippen LogP contribution in [0.25, 0.3) is 0 Å². The number of carbonyl (C=O) groups excluding carboxylic acids is 2. The van der Waals surface area contributed by atoms with Crippen molar-refractivity contribution in [1.82, 2.24) is 4.90 Å². The second-order valence-corrected chi connectivity index (χ2v) is 15.7. The Morgan fingerprint density at radius 2 is 1.60 bits per heavy atom. The molecule has 0 bridgehead atoms. The summed E-state index contributed by atoms with van der Waals surface area (Å²) in [4.78, 5) is 28.0. The van der Waals surface area contributed by atoms with Gasteiger partial charge in [-0.1, -0.05) is 115 Å². The molecule has 252 valence electrons. The van der Waals surface area contributed by atoms with Gasteiger partial charge in [0.1, 0.15) is 6.61 Å². The van der Waals surface area contributed by atoms with Crippen LogP contribution in [-0.2, 0) is 28.0 Å². The normalized spacial score (nSPS) is 16.3. The fourth-order valence-electron chi connectivity index (χ4n) is 6.43. The molecule has 1 aliphatic heterocycles. The first-order valence-electron chi connectivity index (χ1n) is 17.6. The van der Waals surface area contributed by atoms with Crippen LogP contribution < -0.4 is 0 Å². The first kappa shape index (κ1) is 36.2. The van der Waals surface area contributed by atoms with E-state index in [4.69, 9.17) is 4.74 Å². The second-order valence-electron chi connectivity index (χ2n) is 15.7. The molecule has 0 amide bonds. The first-order valence-corrected chi connectivity index (χ1v) is 17.6. The third-order valence-electron chi connectivity index (χ3n) is 9.55. The molecule has 0 radical (unpaired) electrons. The van der Waals surface area contributed by atoms with E-state index in [-0.39, 0.29) is 28.8 Å². The zero-order valence-corrected chi connectivity index (χ0v) is 30.1. The summed E-state index contributed by atoms with van der Waals surface area (Å²) in [5.74, 6) is 1.30. The Labute approximate surface area is 284 Å². The molecule has 2 aromatic carbocycles. The average molecular weight is 636 g/mol. The number of aryl methyl sites for hydroxylation is 1. The molecule has 0 atom stereocenters. The van der Waals surface area contributed by atoms with E-state index in [9.17, 15) is 9.59 Å². The van der Waals surface area contributed by atoms with Crippen LogP contribution in [0.3, 0.4) is 0 Å². The van der Waals surface area contributed by atoms with Crippen LogP contribution in [0.15, 0.2) is 95.9 Å². The van der Waals surface area contributed by atoms with Crippen LogP contribution in [0.2, 0.25) is 0 Å². The lowest BCUT2D eigenvalue weighted by molar-refractivity contribution is -0.114. The number of ether oxygens (including phenoxy) is 1. The summed E-state index contributed by atoms with van der Waals surface area (Å²) in [7, 11) is 0. The first-order chi connectivity index (χ1) is 22.2. The quantitative estimate of drug-likeness (QED) is 0.111. The molecule has 1 heterocycles. The van der Waals surface area contributed by atoms with Gasteiger partial charge in [0.2, 0.25) is 0 Å². The maximum atomic E-state index is 12.8. The Morgan fingerprint density at radius 3 is 2.21 bits per heavy atom. The van der Waals surface area contributed by atoms with Crippen LogP contribution in [0.4, 0.5) is 0 Å². The number of carbonyl (C=O) groups is 2. The number of hydrogen-bond acceptors (Lipinski definition) is 4. The molecule has 4 rings (SSSR count). The standard InChI is InChI=1S/C43H57NO3/c1-31(2)28-44-26-25-43(7,8)39(29-44)32(3)11-9-10-12-33-13-15-34(16-14-33)30-47-38-23-19-36(20-24-38)41(46)27-40(45)35-17-21-37(22-18-35)42(4,5)6/h13-19,21-23,29,31H,3,9-12,20,24-28,30H2,1-2,4-8H3. The molecule has 0 fully saturated rings. The van der Waals surface area contributed by atoms with Crippen LogP contribution >= 0.6 is 0 Å². The van der Waals surface area contributed by atoms with Crippen LogP contribution in [0.5, 0.6) is 0 Å². The summed E-state index contributed by atoms with van der Waals surface area (Å²) in [5, 5.41) is 0. The SMILES string of the molecule is C=C(CCCCc1ccc(COC2=CC=C(C(=O)CC(=O)c3ccc(C(C)(C)C)cc3)CC2)cc1)C1=CN(CC(C)C)CCC1(C)C. The molecular formula is C43H57NO3. The molecule has 4 nitrogen and oxygen atoms in total. The zero-order chi connectivity index (χ0) is 34.2. The number of unbranched alkanes of at least 4 members (excludes halogenated alkanes) is 1. The molecule has 0 N–H and O–H groups in total. The van der Waals surface area contributed by atoms with Gasteiger partial charge >= 0.3 is 0 Å². The topological polar surface area (TPSA) is 46.6 Å². The highest BCUT2D eigenvalue weighted by Crippen LogP contribution is 2.40. The van der Waals surface area contributed by atoms with Crippen molar-refractivity contribution in [3.63, 3.8) is 0 Å². The molecule has 0 saturated heterocycles. The maximum Gasteiger partial charge on any atom is 0.170 e. The molecular weight excluding hydrogens is 578 g/mol. The smallest absolute Gasteiger partial charge is 0.170 e. The van der Waals surface area contributed by atoms with E-state index in [0.717, 1.165) is 50.1 Å². The van der Waals surface area contributed by atoms with E-state index in [1.165, 1.54) is 28.7 Å². The van der Waals surface area contributed by atoms with Gasteiger partial charge in [0, 0.05) is 31.3 Å².